The van der Waals surface area contributed by atoms with Gasteiger partial charge in [0, 0.05) is 9.30 Å². The van der Waals surface area contributed by atoms with Gasteiger partial charge in [-0.15, -0.1) is 0 Å². The predicted octanol–water partition coefficient (Wildman–Crippen LogP) is 5.01. The molecule has 1 aromatic rings. The minimum atomic E-state index is -0.0650. The van der Waals surface area contributed by atoms with E-state index in [0.29, 0.717) is 10.7 Å². The smallest absolute Gasteiger partial charge is 0.126 e. The average Bonchev–Trinajstić information content (AvgIpc) is 2.22. The van der Waals surface area contributed by atoms with E-state index in [1.165, 1.54) is 12.8 Å². The number of rotatable bonds is 1. The first-order valence-corrected chi connectivity index (χ1v) is 6.96. The highest BCUT2D eigenvalue weighted by molar-refractivity contribution is 9.10. The Balaban J connectivity index is 2.24. The maximum absolute atomic E-state index is 13.6. The van der Waals surface area contributed by atoms with Gasteiger partial charge < -0.3 is 0 Å². The van der Waals surface area contributed by atoms with E-state index in [9.17, 15) is 4.39 Å². The van der Waals surface area contributed by atoms with Gasteiger partial charge in [-0.1, -0.05) is 38.3 Å². The van der Waals surface area contributed by atoms with E-state index in [-0.39, 0.29) is 5.82 Å². The lowest BCUT2D eigenvalue weighted by Gasteiger charge is -2.26. The summed E-state index contributed by atoms with van der Waals surface area (Å²) < 4.78 is 14.6. The van der Waals surface area contributed by atoms with Crippen LogP contribution in [-0.2, 0) is 0 Å². The molecule has 0 aliphatic heterocycles. The van der Waals surface area contributed by atoms with Crippen LogP contribution in [0.2, 0.25) is 0 Å². The Labute approximate surface area is 107 Å². The van der Waals surface area contributed by atoms with Gasteiger partial charge in [0.15, 0.2) is 0 Å². The largest absolute Gasteiger partial charge is 0.207 e. The van der Waals surface area contributed by atoms with Gasteiger partial charge in [0.05, 0.1) is 0 Å². The van der Waals surface area contributed by atoms with E-state index >= 15 is 0 Å². The fourth-order valence-electron chi connectivity index (χ4n) is 2.24. The van der Waals surface area contributed by atoms with Crippen LogP contribution in [0.15, 0.2) is 22.7 Å². The second-order valence-corrected chi connectivity index (χ2v) is 6.34. The van der Waals surface area contributed by atoms with Gasteiger partial charge in [-0.25, -0.2) is 4.39 Å². The van der Waals surface area contributed by atoms with Crippen molar-refractivity contribution in [3.05, 3.63) is 34.1 Å². The van der Waals surface area contributed by atoms with Crippen molar-refractivity contribution >= 4 is 31.9 Å². The number of benzene rings is 1. The molecule has 0 N–H and O–H groups in total. The first-order chi connectivity index (χ1) is 7.16. The quantitative estimate of drug-likeness (QED) is 0.633. The monoisotopic (exact) mass is 334 g/mol. The molecule has 2 rings (SSSR count). The number of hydrogen-bond donors (Lipinski definition) is 0. The zero-order valence-electron chi connectivity index (χ0n) is 8.35. The van der Waals surface area contributed by atoms with Gasteiger partial charge in [0.2, 0.25) is 0 Å². The first kappa shape index (κ1) is 11.6. The molecular formula is C12H13Br2F. The van der Waals surface area contributed by atoms with Crippen LogP contribution in [0.25, 0.3) is 0 Å². The Kier molecular flexibility index (Phi) is 3.83. The third-order valence-electron chi connectivity index (χ3n) is 3.01. The van der Waals surface area contributed by atoms with Crippen LogP contribution in [0.3, 0.4) is 0 Å². The number of alkyl halides is 1. The summed E-state index contributed by atoms with van der Waals surface area (Å²) in [4.78, 5) is 0.551. The van der Waals surface area contributed by atoms with Gasteiger partial charge in [-0.2, -0.15) is 0 Å². The van der Waals surface area contributed by atoms with Crippen molar-refractivity contribution in [2.45, 2.75) is 36.4 Å². The Hall–Kier alpha value is 0.110. The summed E-state index contributed by atoms with van der Waals surface area (Å²) >= 11 is 7.03. The van der Waals surface area contributed by atoms with Crippen LogP contribution < -0.4 is 0 Å². The van der Waals surface area contributed by atoms with Crippen molar-refractivity contribution < 1.29 is 4.39 Å². The van der Waals surface area contributed by atoms with E-state index < -0.39 is 0 Å². The molecule has 2 atom stereocenters. The van der Waals surface area contributed by atoms with Crippen molar-refractivity contribution in [2.75, 3.05) is 0 Å². The average molecular weight is 336 g/mol. The third-order valence-corrected chi connectivity index (χ3v) is 4.33. The summed E-state index contributed by atoms with van der Waals surface area (Å²) in [6, 6.07) is 5.23. The zero-order valence-corrected chi connectivity index (χ0v) is 11.5. The van der Waals surface area contributed by atoms with Crippen molar-refractivity contribution in [1.29, 1.82) is 0 Å². The Morgan fingerprint density at radius 3 is 2.80 bits per heavy atom. The fourth-order valence-corrected chi connectivity index (χ4v) is 3.39. The molecule has 0 bridgehead atoms. The molecular weight excluding hydrogens is 323 g/mol. The van der Waals surface area contributed by atoms with E-state index in [4.69, 9.17) is 0 Å². The minimum absolute atomic E-state index is 0.0650. The molecule has 15 heavy (non-hydrogen) atoms. The molecule has 0 amide bonds. The molecule has 0 saturated heterocycles. The van der Waals surface area contributed by atoms with E-state index in [1.54, 1.807) is 12.1 Å². The SMILES string of the molecule is Fc1ccc(Br)cc1C1CCCC(Br)C1. The molecule has 1 aromatic carbocycles. The van der Waals surface area contributed by atoms with Crippen LogP contribution in [0, 0.1) is 5.82 Å². The summed E-state index contributed by atoms with van der Waals surface area (Å²) in [5, 5.41) is 0. The molecule has 0 heterocycles. The van der Waals surface area contributed by atoms with Crippen LogP contribution in [0.1, 0.15) is 37.2 Å². The van der Waals surface area contributed by atoms with Gasteiger partial charge in [0.1, 0.15) is 5.82 Å². The van der Waals surface area contributed by atoms with E-state index in [1.807, 2.05) is 6.07 Å². The zero-order chi connectivity index (χ0) is 10.8. The molecule has 0 radical (unpaired) electrons. The summed E-state index contributed by atoms with van der Waals surface area (Å²) in [6.45, 7) is 0. The topological polar surface area (TPSA) is 0 Å². The molecule has 2 unspecified atom stereocenters. The van der Waals surface area contributed by atoms with Crippen molar-refractivity contribution in [1.82, 2.24) is 0 Å². The van der Waals surface area contributed by atoms with Crippen molar-refractivity contribution in [2.24, 2.45) is 0 Å². The van der Waals surface area contributed by atoms with Crippen LogP contribution in [0.4, 0.5) is 4.39 Å². The van der Waals surface area contributed by atoms with Crippen molar-refractivity contribution in [3.8, 4) is 0 Å². The number of hydrogen-bond acceptors (Lipinski definition) is 0. The van der Waals surface area contributed by atoms with Gasteiger partial charge >= 0.3 is 0 Å². The molecule has 0 aromatic heterocycles. The summed E-state index contributed by atoms with van der Waals surface area (Å²) in [6.07, 6.45) is 4.56. The lowest BCUT2D eigenvalue weighted by atomic mass is 9.84. The Morgan fingerprint density at radius 1 is 1.27 bits per heavy atom. The molecule has 1 fully saturated rings. The molecule has 0 nitrogen and oxygen atoms in total. The lowest BCUT2D eigenvalue weighted by molar-refractivity contribution is 0.442. The van der Waals surface area contributed by atoms with Crippen LogP contribution in [0.5, 0.6) is 0 Å². The minimum Gasteiger partial charge on any atom is -0.207 e. The molecule has 1 aliphatic carbocycles. The second kappa shape index (κ2) is 4.96. The van der Waals surface area contributed by atoms with Crippen LogP contribution >= 0.6 is 31.9 Å². The first-order valence-electron chi connectivity index (χ1n) is 5.26. The third kappa shape index (κ3) is 2.82. The highest BCUT2D eigenvalue weighted by Gasteiger charge is 2.23. The normalized spacial score (nSPS) is 26.6. The maximum atomic E-state index is 13.6. The van der Waals surface area contributed by atoms with Crippen molar-refractivity contribution in [3.63, 3.8) is 0 Å². The van der Waals surface area contributed by atoms with E-state index in [2.05, 4.69) is 31.9 Å². The molecule has 0 spiro atoms. The van der Waals surface area contributed by atoms with E-state index in [0.717, 1.165) is 22.9 Å². The summed E-state index contributed by atoms with van der Waals surface area (Å²) in [5.74, 6) is 0.311. The molecule has 3 heteroatoms. The molecule has 1 aliphatic rings. The highest BCUT2D eigenvalue weighted by Crippen LogP contribution is 2.37. The van der Waals surface area contributed by atoms with Gasteiger partial charge in [-0.05, 0) is 48.9 Å². The number of halogens is 3. The summed E-state index contributed by atoms with van der Waals surface area (Å²) in [5.41, 5.74) is 0.869. The standard InChI is InChI=1S/C12H13Br2F/c13-9-3-1-2-8(6-9)11-7-10(14)4-5-12(11)15/h4-5,7-9H,1-3,6H2. The molecule has 1 saturated carbocycles. The van der Waals surface area contributed by atoms with Gasteiger partial charge in [-0.3, -0.25) is 0 Å². The Morgan fingerprint density at radius 2 is 2.07 bits per heavy atom. The molecule has 82 valence electrons. The van der Waals surface area contributed by atoms with Gasteiger partial charge in [0.25, 0.3) is 0 Å². The summed E-state index contributed by atoms with van der Waals surface area (Å²) in [7, 11) is 0. The fraction of sp³-hybridized carbons (Fsp3) is 0.500. The lowest BCUT2D eigenvalue weighted by Crippen LogP contribution is -2.14. The van der Waals surface area contributed by atoms with Crippen LogP contribution in [-0.4, -0.2) is 4.83 Å². The maximum Gasteiger partial charge on any atom is 0.126 e. The second-order valence-electron chi connectivity index (χ2n) is 4.13. The highest BCUT2D eigenvalue weighted by atomic mass is 79.9. The Bertz CT molecular complexity index is 351. The predicted molar refractivity (Wildman–Crippen MR) is 68.0 cm³/mol.